The maximum absolute atomic E-state index is 10.7. The highest BCUT2D eigenvalue weighted by Gasteiger charge is 2.38. The predicted octanol–water partition coefficient (Wildman–Crippen LogP) is 3.88. The van der Waals surface area contributed by atoms with Crippen LogP contribution in [0.4, 0.5) is 0 Å². The van der Waals surface area contributed by atoms with Gasteiger partial charge < -0.3 is 5.11 Å². The van der Waals surface area contributed by atoms with Crippen LogP contribution >= 0.6 is 0 Å². The van der Waals surface area contributed by atoms with Crippen molar-refractivity contribution in [2.75, 3.05) is 6.54 Å². The maximum Gasteiger partial charge on any atom is 0.107 e. The van der Waals surface area contributed by atoms with Crippen molar-refractivity contribution in [3.8, 4) is 11.8 Å². The third kappa shape index (κ3) is 4.37. The maximum atomic E-state index is 10.7. The quantitative estimate of drug-likeness (QED) is 0.830. The minimum atomic E-state index is -0.411. The number of benzene rings is 1. The lowest BCUT2D eigenvalue weighted by Gasteiger charge is -2.39. The Morgan fingerprint density at radius 1 is 1.00 bits per heavy atom. The first kappa shape index (κ1) is 16.6. The van der Waals surface area contributed by atoms with E-state index in [1.807, 2.05) is 30.3 Å². The van der Waals surface area contributed by atoms with E-state index in [1.165, 1.54) is 32.1 Å². The minimum Gasteiger partial charge on any atom is -0.390 e. The van der Waals surface area contributed by atoms with Crippen LogP contribution in [0.2, 0.25) is 0 Å². The summed E-state index contributed by atoms with van der Waals surface area (Å²) >= 11 is 0. The lowest BCUT2D eigenvalue weighted by molar-refractivity contribution is 0.0525. The molecule has 1 aromatic carbocycles. The Morgan fingerprint density at radius 3 is 2.48 bits per heavy atom. The van der Waals surface area contributed by atoms with E-state index in [2.05, 4.69) is 17.2 Å². The van der Waals surface area contributed by atoms with Crippen molar-refractivity contribution >= 4 is 0 Å². The third-order valence-corrected chi connectivity index (χ3v) is 5.50. The van der Waals surface area contributed by atoms with E-state index in [1.54, 1.807) is 0 Å². The third-order valence-electron chi connectivity index (χ3n) is 5.50. The summed E-state index contributed by atoms with van der Waals surface area (Å²) in [6.07, 6.45) is 10.5. The van der Waals surface area contributed by atoms with Crippen molar-refractivity contribution < 1.29 is 5.11 Å². The van der Waals surface area contributed by atoms with E-state index in [9.17, 15) is 5.11 Å². The molecule has 2 aliphatic rings. The number of hydrogen-bond donors (Lipinski definition) is 2. The van der Waals surface area contributed by atoms with Gasteiger partial charge in [0.05, 0.1) is 6.10 Å². The second-order valence-electron chi connectivity index (χ2n) is 7.23. The zero-order chi connectivity index (χ0) is 16.0. The van der Waals surface area contributed by atoms with Crippen LogP contribution in [0.15, 0.2) is 30.3 Å². The van der Waals surface area contributed by atoms with Crippen molar-refractivity contribution in [2.24, 2.45) is 5.92 Å². The molecule has 0 bridgehead atoms. The van der Waals surface area contributed by atoms with Gasteiger partial charge in [-0.25, -0.2) is 0 Å². The van der Waals surface area contributed by atoms with Gasteiger partial charge in [0.25, 0.3) is 0 Å². The largest absolute Gasteiger partial charge is 0.390 e. The summed E-state index contributed by atoms with van der Waals surface area (Å²) in [5.41, 5.74) is 0.620. The van der Waals surface area contributed by atoms with Gasteiger partial charge in [0, 0.05) is 5.56 Å². The van der Waals surface area contributed by atoms with Crippen molar-refractivity contribution in [1.29, 1.82) is 0 Å². The van der Waals surface area contributed by atoms with Gasteiger partial charge in [-0.05, 0) is 50.3 Å². The molecular formula is C21H29NO. The molecule has 2 nitrogen and oxygen atoms in total. The molecule has 0 saturated heterocycles. The fourth-order valence-electron chi connectivity index (χ4n) is 3.97. The van der Waals surface area contributed by atoms with Crippen molar-refractivity contribution in [3.05, 3.63) is 35.9 Å². The van der Waals surface area contributed by atoms with E-state index in [0.717, 1.165) is 43.7 Å². The van der Waals surface area contributed by atoms with Crippen molar-refractivity contribution in [1.82, 2.24) is 5.32 Å². The van der Waals surface area contributed by atoms with Crippen LogP contribution in [0.1, 0.15) is 63.4 Å². The highest BCUT2D eigenvalue weighted by atomic mass is 16.3. The molecule has 2 aliphatic carbocycles. The number of aliphatic hydroxyl groups excluding tert-OH is 1. The minimum absolute atomic E-state index is 0.351. The van der Waals surface area contributed by atoms with E-state index in [-0.39, 0.29) is 6.10 Å². The second-order valence-corrected chi connectivity index (χ2v) is 7.23. The van der Waals surface area contributed by atoms with E-state index < -0.39 is 5.54 Å². The summed E-state index contributed by atoms with van der Waals surface area (Å²) < 4.78 is 0. The average molecular weight is 311 g/mol. The molecule has 3 rings (SSSR count). The number of nitrogens with one attached hydrogen (secondary N) is 1. The Kier molecular flexibility index (Phi) is 5.75. The Bertz CT molecular complexity index is 538. The standard InChI is InChI=1S/C21H29NO/c23-20-13-7-8-15-21(20,16-14-18-9-3-1-4-10-18)22-17-19-11-5-2-6-12-19/h1,3-4,9-10,19-20,22-23H,2,5-8,11-13,15,17H2/t20-,21+/m1/s1. The molecule has 2 N–H and O–H groups in total. The normalized spacial score (nSPS) is 28.8. The highest BCUT2D eigenvalue weighted by Crippen LogP contribution is 2.30. The molecule has 23 heavy (non-hydrogen) atoms. The van der Waals surface area contributed by atoms with E-state index in [4.69, 9.17) is 0 Å². The molecule has 2 atom stereocenters. The van der Waals surface area contributed by atoms with Gasteiger partial charge in [-0.1, -0.05) is 62.1 Å². The van der Waals surface area contributed by atoms with Gasteiger partial charge >= 0.3 is 0 Å². The van der Waals surface area contributed by atoms with Crippen LogP contribution in [-0.2, 0) is 0 Å². The van der Waals surface area contributed by atoms with Gasteiger partial charge in [0.15, 0.2) is 0 Å². The van der Waals surface area contributed by atoms with Crippen molar-refractivity contribution in [3.63, 3.8) is 0 Å². The van der Waals surface area contributed by atoms with E-state index >= 15 is 0 Å². The molecule has 0 aliphatic heterocycles. The Hall–Kier alpha value is -1.30. The molecule has 0 spiro atoms. The molecule has 0 unspecified atom stereocenters. The molecule has 0 aromatic heterocycles. The van der Waals surface area contributed by atoms with Gasteiger partial charge in [-0.15, -0.1) is 0 Å². The molecule has 0 heterocycles. The first-order chi connectivity index (χ1) is 11.3. The van der Waals surface area contributed by atoms with Gasteiger partial charge in [0.2, 0.25) is 0 Å². The monoisotopic (exact) mass is 311 g/mol. The molecule has 2 saturated carbocycles. The van der Waals surface area contributed by atoms with Gasteiger partial charge in [0.1, 0.15) is 5.54 Å². The lowest BCUT2D eigenvalue weighted by atomic mass is 9.78. The summed E-state index contributed by atoms with van der Waals surface area (Å²) in [7, 11) is 0. The fourth-order valence-corrected chi connectivity index (χ4v) is 3.97. The van der Waals surface area contributed by atoms with E-state index in [0.29, 0.717) is 0 Å². The summed E-state index contributed by atoms with van der Waals surface area (Å²) in [6.45, 7) is 1.00. The fraction of sp³-hybridized carbons (Fsp3) is 0.619. The van der Waals surface area contributed by atoms with Crippen molar-refractivity contribution in [2.45, 2.75) is 69.4 Å². The zero-order valence-corrected chi connectivity index (χ0v) is 14.1. The predicted molar refractivity (Wildman–Crippen MR) is 95.1 cm³/mol. The van der Waals surface area contributed by atoms with Crippen LogP contribution in [0.3, 0.4) is 0 Å². The SMILES string of the molecule is O[C@@H]1CCCC[C@@]1(C#Cc1ccccc1)NCC1CCCCC1. The first-order valence-electron chi connectivity index (χ1n) is 9.30. The molecule has 0 amide bonds. The molecule has 0 radical (unpaired) electrons. The first-order valence-corrected chi connectivity index (χ1v) is 9.30. The summed E-state index contributed by atoms with van der Waals surface area (Å²) in [5, 5.41) is 14.4. The van der Waals surface area contributed by atoms with Gasteiger partial charge in [-0.3, -0.25) is 5.32 Å². The van der Waals surface area contributed by atoms with Crippen LogP contribution in [0.5, 0.6) is 0 Å². The lowest BCUT2D eigenvalue weighted by Crippen LogP contribution is -2.56. The molecule has 2 heteroatoms. The number of hydrogen-bond acceptors (Lipinski definition) is 2. The summed E-state index contributed by atoms with van der Waals surface area (Å²) in [5.74, 6) is 7.49. The molecule has 2 fully saturated rings. The highest BCUT2D eigenvalue weighted by molar-refractivity contribution is 5.37. The number of rotatable bonds is 3. The zero-order valence-electron chi connectivity index (χ0n) is 14.1. The Morgan fingerprint density at radius 2 is 1.74 bits per heavy atom. The summed E-state index contributed by atoms with van der Waals surface area (Å²) in [4.78, 5) is 0. The van der Waals surface area contributed by atoms with Crippen LogP contribution in [0, 0.1) is 17.8 Å². The Balaban J connectivity index is 1.72. The average Bonchev–Trinajstić information content (AvgIpc) is 2.62. The summed E-state index contributed by atoms with van der Waals surface area (Å²) in [6, 6.07) is 10.1. The van der Waals surface area contributed by atoms with Crippen LogP contribution in [0.25, 0.3) is 0 Å². The molecular weight excluding hydrogens is 282 g/mol. The molecule has 124 valence electrons. The van der Waals surface area contributed by atoms with Crippen LogP contribution in [-0.4, -0.2) is 23.3 Å². The van der Waals surface area contributed by atoms with Gasteiger partial charge in [-0.2, -0.15) is 0 Å². The smallest absolute Gasteiger partial charge is 0.107 e. The Labute approximate surface area is 140 Å². The topological polar surface area (TPSA) is 32.3 Å². The second kappa shape index (κ2) is 7.99. The van der Waals surface area contributed by atoms with Crippen LogP contribution < -0.4 is 5.32 Å². The molecule has 1 aromatic rings. The number of aliphatic hydroxyl groups is 1.